The first-order chi connectivity index (χ1) is 15.7. The van der Waals surface area contributed by atoms with Crippen LogP contribution < -0.4 is 11.2 Å². The summed E-state index contributed by atoms with van der Waals surface area (Å²) in [4.78, 5) is 41.8. The molecule has 1 aliphatic rings. The van der Waals surface area contributed by atoms with Crippen LogP contribution in [-0.2, 0) is 24.3 Å². The predicted molar refractivity (Wildman–Crippen MR) is 130 cm³/mol. The van der Waals surface area contributed by atoms with E-state index in [0.717, 1.165) is 15.0 Å². The van der Waals surface area contributed by atoms with Crippen molar-refractivity contribution in [2.24, 2.45) is 0 Å². The van der Waals surface area contributed by atoms with Crippen LogP contribution in [0.1, 0.15) is 34.6 Å². The van der Waals surface area contributed by atoms with Crippen molar-refractivity contribution in [2.75, 3.05) is 0 Å². The van der Waals surface area contributed by atoms with Crippen LogP contribution in [0.3, 0.4) is 0 Å². The number of carbonyl (C=O) groups is 1. The maximum absolute atomic E-state index is 13.7. The van der Waals surface area contributed by atoms with E-state index in [4.69, 9.17) is 16.3 Å². The zero-order valence-corrected chi connectivity index (χ0v) is 19.7. The van der Waals surface area contributed by atoms with E-state index in [1.54, 1.807) is 48.5 Å². The maximum atomic E-state index is 13.7. The van der Waals surface area contributed by atoms with E-state index >= 15 is 0 Å². The second kappa shape index (κ2) is 8.09. The Morgan fingerprint density at radius 3 is 2.48 bits per heavy atom. The average molecular weight is 481 g/mol. The number of aromatic nitrogens is 2. The number of carbonyl (C=O) groups excluding carboxylic acids is 1. The molecule has 0 aliphatic carbocycles. The van der Waals surface area contributed by atoms with E-state index in [2.05, 4.69) is 0 Å². The van der Waals surface area contributed by atoms with Gasteiger partial charge in [-0.2, -0.15) is 0 Å². The number of thiophene rings is 1. The quantitative estimate of drug-likeness (QED) is 0.400. The molecule has 2 aromatic carbocycles. The van der Waals surface area contributed by atoms with Crippen molar-refractivity contribution < 1.29 is 9.53 Å². The number of benzene rings is 2. The summed E-state index contributed by atoms with van der Waals surface area (Å²) in [6.07, 6.45) is 0.551. The van der Waals surface area contributed by atoms with Gasteiger partial charge in [-0.3, -0.25) is 14.2 Å². The van der Waals surface area contributed by atoms with E-state index in [0.29, 0.717) is 39.5 Å². The summed E-state index contributed by atoms with van der Waals surface area (Å²) in [6.45, 7) is 4.14. The smallest absolute Gasteiger partial charge is 0.337 e. The van der Waals surface area contributed by atoms with Gasteiger partial charge < -0.3 is 4.74 Å². The molecule has 33 heavy (non-hydrogen) atoms. The Bertz CT molecular complexity index is 1500. The molecule has 0 fully saturated rings. The van der Waals surface area contributed by atoms with Gasteiger partial charge in [-0.1, -0.05) is 29.8 Å². The Balaban J connectivity index is 1.77. The first-order valence-electron chi connectivity index (χ1n) is 10.5. The number of fused-ring (bicyclic) bond motifs is 3. The largest absolute Gasteiger partial charge is 0.370 e. The molecule has 8 heteroatoms. The normalized spacial score (nSPS) is 14.9. The van der Waals surface area contributed by atoms with Crippen LogP contribution >= 0.6 is 22.9 Å². The Morgan fingerprint density at radius 2 is 1.79 bits per heavy atom. The number of hydrogen-bond acceptors (Lipinski definition) is 5. The molecular weight excluding hydrogens is 460 g/mol. The van der Waals surface area contributed by atoms with E-state index in [1.165, 1.54) is 15.9 Å². The Morgan fingerprint density at radius 1 is 1.09 bits per heavy atom. The molecule has 1 aliphatic heterocycles. The summed E-state index contributed by atoms with van der Waals surface area (Å²) in [5.41, 5.74) is 0.474. The number of Topliss-reactive ketones (excluding diaryl/α,β-unsaturated/α-hetero) is 1. The zero-order valence-electron chi connectivity index (χ0n) is 18.1. The third-order valence-corrected chi connectivity index (χ3v) is 7.32. The summed E-state index contributed by atoms with van der Waals surface area (Å²) >= 11 is 7.30. The van der Waals surface area contributed by atoms with Gasteiger partial charge in [0.15, 0.2) is 5.78 Å². The fourth-order valence-electron chi connectivity index (χ4n) is 4.17. The minimum atomic E-state index is -0.542. The molecular formula is C25H21ClN2O4S. The topological polar surface area (TPSA) is 70.3 Å². The SMILES string of the molecule is CC1(C)Cc2c(sc3c2c(=O)n(-c2ccccc2)c(=O)n3CC(=O)c2ccc(Cl)cc2)CO1. The summed E-state index contributed by atoms with van der Waals surface area (Å²) < 4.78 is 8.52. The zero-order chi connectivity index (χ0) is 23.3. The van der Waals surface area contributed by atoms with E-state index < -0.39 is 11.3 Å². The van der Waals surface area contributed by atoms with Gasteiger partial charge in [-0.15, -0.1) is 11.3 Å². The third kappa shape index (κ3) is 3.86. The van der Waals surface area contributed by atoms with Crippen molar-refractivity contribution in [2.45, 2.75) is 39.0 Å². The first-order valence-corrected chi connectivity index (χ1v) is 11.7. The molecule has 0 N–H and O–H groups in total. The number of halogens is 1. The number of rotatable bonds is 4. The average Bonchev–Trinajstić information content (AvgIpc) is 3.15. The molecule has 0 atom stereocenters. The van der Waals surface area contributed by atoms with Crippen molar-refractivity contribution in [1.29, 1.82) is 0 Å². The van der Waals surface area contributed by atoms with Crippen LogP contribution in [0, 0.1) is 0 Å². The molecule has 168 valence electrons. The van der Waals surface area contributed by atoms with Crippen LogP contribution in [-0.4, -0.2) is 20.5 Å². The molecule has 2 aromatic heterocycles. The fraction of sp³-hybridized carbons (Fsp3) is 0.240. The molecule has 0 amide bonds. The van der Waals surface area contributed by atoms with Gasteiger partial charge in [0.2, 0.25) is 0 Å². The highest BCUT2D eigenvalue weighted by Gasteiger charge is 2.32. The van der Waals surface area contributed by atoms with Crippen molar-refractivity contribution in [3.63, 3.8) is 0 Å². The van der Waals surface area contributed by atoms with E-state index in [-0.39, 0.29) is 17.9 Å². The highest BCUT2D eigenvalue weighted by molar-refractivity contribution is 7.18. The molecule has 6 nitrogen and oxygen atoms in total. The van der Waals surface area contributed by atoms with Gasteiger partial charge in [-0.25, -0.2) is 9.36 Å². The fourth-order valence-corrected chi connectivity index (χ4v) is 5.51. The van der Waals surface area contributed by atoms with E-state index in [9.17, 15) is 14.4 Å². The minimum Gasteiger partial charge on any atom is -0.370 e. The summed E-state index contributed by atoms with van der Waals surface area (Å²) in [7, 11) is 0. The van der Waals surface area contributed by atoms with Crippen LogP contribution in [0.4, 0.5) is 0 Å². The molecule has 0 bridgehead atoms. The summed E-state index contributed by atoms with van der Waals surface area (Å²) in [6, 6.07) is 15.3. The highest BCUT2D eigenvalue weighted by Crippen LogP contribution is 2.37. The lowest BCUT2D eigenvalue weighted by molar-refractivity contribution is -0.0379. The van der Waals surface area contributed by atoms with Crippen LogP contribution in [0.2, 0.25) is 5.02 Å². The molecule has 4 aromatic rings. The molecule has 5 rings (SSSR count). The van der Waals surface area contributed by atoms with Gasteiger partial charge in [0.25, 0.3) is 5.56 Å². The number of nitrogens with zero attached hydrogens (tertiary/aromatic N) is 2. The van der Waals surface area contributed by atoms with Gasteiger partial charge in [-0.05, 0) is 55.8 Å². The third-order valence-electron chi connectivity index (χ3n) is 5.84. The van der Waals surface area contributed by atoms with Gasteiger partial charge in [0.1, 0.15) is 4.83 Å². The molecule has 0 unspecified atom stereocenters. The minimum absolute atomic E-state index is 0.187. The Labute approximate surface area is 198 Å². The predicted octanol–water partition coefficient (Wildman–Crippen LogP) is 4.60. The van der Waals surface area contributed by atoms with Crippen molar-refractivity contribution in [3.05, 3.63) is 96.5 Å². The van der Waals surface area contributed by atoms with E-state index in [1.807, 2.05) is 19.9 Å². The van der Waals surface area contributed by atoms with Gasteiger partial charge in [0.05, 0.1) is 29.8 Å². The highest BCUT2D eigenvalue weighted by atomic mass is 35.5. The number of hydrogen-bond donors (Lipinski definition) is 0. The first kappa shape index (κ1) is 21.8. The second-order valence-electron chi connectivity index (χ2n) is 8.68. The number of ketones is 1. The Kier molecular flexibility index (Phi) is 5.35. The van der Waals surface area contributed by atoms with Crippen LogP contribution in [0.5, 0.6) is 0 Å². The Hall–Kier alpha value is -3.00. The van der Waals surface area contributed by atoms with Gasteiger partial charge >= 0.3 is 5.69 Å². The number of para-hydroxylation sites is 1. The van der Waals surface area contributed by atoms with Crippen molar-refractivity contribution >= 4 is 38.9 Å². The van der Waals surface area contributed by atoms with Crippen molar-refractivity contribution in [1.82, 2.24) is 9.13 Å². The lowest BCUT2D eigenvalue weighted by Gasteiger charge is -2.29. The monoisotopic (exact) mass is 480 g/mol. The maximum Gasteiger partial charge on any atom is 0.337 e. The number of ether oxygens (including phenoxy) is 1. The summed E-state index contributed by atoms with van der Waals surface area (Å²) in [5, 5.41) is 1.01. The van der Waals surface area contributed by atoms with Crippen LogP contribution in [0.25, 0.3) is 15.9 Å². The summed E-state index contributed by atoms with van der Waals surface area (Å²) in [5.74, 6) is -0.240. The van der Waals surface area contributed by atoms with Gasteiger partial charge in [0, 0.05) is 21.9 Å². The molecule has 3 heterocycles. The lowest BCUT2D eigenvalue weighted by atomic mass is 9.94. The molecule has 0 saturated heterocycles. The lowest BCUT2D eigenvalue weighted by Crippen LogP contribution is -2.40. The standard InChI is InChI=1S/C25H21ClN2O4S/c1-25(2)12-18-20(14-32-25)33-23-21(18)22(30)28(17-6-4-3-5-7-17)24(31)27(23)13-19(29)15-8-10-16(26)11-9-15/h3-11H,12-14H2,1-2H3. The molecule has 0 saturated carbocycles. The molecule has 0 spiro atoms. The molecule has 0 radical (unpaired) electrons. The second-order valence-corrected chi connectivity index (χ2v) is 10.2. The van der Waals surface area contributed by atoms with Crippen LogP contribution in [0.15, 0.2) is 64.2 Å². The van der Waals surface area contributed by atoms with Crippen molar-refractivity contribution in [3.8, 4) is 5.69 Å².